The van der Waals surface area contributed by atoms with E-state index in [1.165, 1.54) is 6.92 Å². The van der Waals surface area contributed by atoms with Gasteiger partial charge in [-0.25, -0.2) is 9.97 Å². The van der Waals surface area contributed by atoms with Crippen LogP contribution in [-0.2, 0) is 4.79 Å². The quantitative estimate of drug-likeness (QED) is 0.786. The van der Waals surface area contributed by atoms with Gasteiger partial charge in [0.05, 0.1) is 0 Å². The first kappa shape index (κ1) is 12.7. The van der Waals surface area contributed by atoms with Gasteiger partial charge in [-0.3, -0.25) is 4.79 Å². The molecule has 2 aromatic heterocycles. The number of hydrogen-bond acceptors (Lipinski definition) is 3. The lowest BCUT2D eigenvalue weighted by Gasteiger charge is -2.07. The molecule has 0 saturated carbocycles. The minimum atomic E-state index is -0.0668. The molecule has 0 aliphatic carbocycles. The molecule has 100 valence electrons. The van der Waals surface area contributed by atoms with Gasteiger partial charge >= 0.3 is 0 Å². The number of carbonyl (C=O) groups is 1. The minimum absolute atomic E-state index is 0.0668. The third kappa shape index (κ3) is 2.40. The first-order chi connectivity index (χ1) is 9.63. The average molecular weight is 284 g/mol. The van der Waals surface area contributed by atoms with E-state index in [9.17, 15) is 4.79 Å². The van der Waals surface area contributed by atoms with Crippen LogP contribution in [0.5, 0.6) is 0 Å². The van der Waals surface area contributed by atoms with Crippen LogP contribution >= 0.6 is 11.3 Å². The zero-order valence-corrected chi connectivity index (χ0v) is 12.0. The number of H-pyrrole nitrogens is 1. The molecule has 0 bridgehead atoms. The van der Waals surface area contributed by atoms with Crippen LogP contribution in [0.15, 0.2) is 36.5 Å². The number of anilines is 1. The summed E-state index contributed by atoms with van der Waals surface area (Å²) in [6, 6.07) is 9.90. The van der Waals surface area contributed by atoms with Crippen molar-refractivity contribution < 1.29 is 9.78 Å². The van der Waals surface area contributed by atoms with E-state index >= 15 is 0 Å². The third-order valence-electron chi connectivity index (χ3n) is 3.01. The fraction of sp³-hybridized carbons (Fsp3) is 0.133. The lowest BCUT2D eigenvalue weighted by molar-refractivity contribution is -0.341. The molecule has 0 atom stereocenters. The number of aryl methyl sites for hydroxylation is 1. The molecule has 0 aliphatic heterocycles. The number of fused-ring (bicyclic) bond motifs is 1. The van der Waals surface area contributed by atoms with E-state index in [0.29, 0.717) is 0 Å². The first-order valence-corrected chi connectivity index (χ1v) is 7.11. The number of amides is 1. The zero-order valence-electron chi connectivity index (χ0n) is 11.2. The molecule has 0 fully saturated rings. The smallest absolute Gasteiger partial charge is 0.287 e. The summed E-state index contributed by atoms with van der Waals surface area (Å²) in [4.78, 5) is 20.1. The molecule has 0 radical (unpaired) electrons. The summed E-state index contributed by atoms with van der Waals surface area (Å²) >= 11 is 1.60. The topological polar surface area (TPSA) is 56.1 Å². The normalized spacial score (nSPS) is 10.7. The summed E-state index contributed by atoms with van der Waals surface area (Å²) in [5, 5.41) is 3.79. The Balaban J connectivity index is 2.07. The predicted octanol–water partition coefficient (Wildman–Crippen LogP) is 3.04. The van der Waals surface area contributed by atoms with Crippen molar-refractivity contribution in [3.63, 3.8) is 0 Å². The van der Waals surface area contributed by atoms with E-state index in [2.05, 4.69) is 15.3 Å². The van der Waals surface area contributed by atoms with Gasteiger partial charge in [-0.1, -0.05) is 12.1 Å². The molecule has 2 N–H and O–H groups in total. The van der Waals surface area contributed by atoms with E-state index in [0.717, 1.165) is 32.2 Å². The summed E-state index contributed by atoms with van der Waals surface area (Å²) in [5.74, 6) is -0.0668. The van der Waals surface area contributed by atoms with E-state index in [1.54, 1.807) is 11.3 Å². The Bertz CT molecular complexity index is 762. The second-order valence-electron chi connectivity index (χ2n) is 4.61. The van der Waals surface area contributed by atoms with E-state index in [4.69, 9.17) is 0 Å². The maximum Gasteiger partial charge on any atom is 0.287 e. The summed E-state index contributed by atoms with van der Waals surface area (Å²) in [6.45, 7) is 3.49. The van der Waals surface area contributed by atoms with E-state index < -0.39 is 0 Å². The fourth-order valence-corrected chi connectivity index (χ4v) is 2.94. The Hall–Kier alpha value is -2.27. The van der Waals surface area contributed by atoms with Crippen molar-refractivity contribution in [1.29, 1.82) is 0 Å². The number of aromatic amines is 1. The van der Waals surface area contributed by atoms with Crippen molar-refractivity contribution in [3.8, 4) is 10.6 Å². The third-order valence-corrected chi connectivity index (χ3v) is 4.06. The highest BCUT2D eigenvalue weighted by Crippen LogP contribution is 2.30. The molecule has 1 amide bonds. The molecule has 5 heteroatoms. The van der Waals surface area contributed by atoms with E-state index in [-0.39, 0.29) is 5.91 Å². The highest BCUT2D eigenvalue weighted by Gasteiger charge is 2.11. The van der Waals surface area contributed by atoms with Crippen LogP contribution in [0.3, 0.4) is 0 Å². The molecule has 20 heavy (non-hydrogen) atoms. The molecule has 0 spiro atoms. The maximum absolute atomic E-state index is 11.2. The predicted molar refractivity (Wildman–Crippen MR) is 80.7 cm³/mol. The van der Waals surface area contributed by atoms with Crippen LogP contribution in [0, 0.1) is 6.92 Å². The van der Waals surface area contributed by atoms with Crippen LogP contribution in [-0.4, -0.2) is 10.9 Å². The molecular weight excluding hydrogens is 270 g/mol. The van der Waals surface area contributed by atoms with Gasteiger partial charge in [0.2, 0.25) is 5.91 Å². The summed E-state index contributed by atoms with van der Waals surface area (Å²) in [7, 11) is 0. The number of benzene rings is 1. The molecule has 4 nitrogen and oxygen atoms in total. The van der Waals surface area contributed by atoms with Crippen LogP contribution in [0.2, 0.25) is 0 Å². The van der Waals surface area contributed by atoms with E-state index in [1.807, 2.05) is 43.5 Å². The number of carbonyl (C=O) groups excluding carboxylic acids is 1. The Morgan fingerprint density at radius 3 is 2.95 bits per heavy atom. The number of nitrogens with zero attached hydrogens (tertiary/aromatic N) is 1. The molecule has 3 rings (SSSR count). The second kappa shape index (κ2) is 5.02. The van der Waals surface area contributed by atoms with Gasteiger partial charge in [0.25, 0.3) is 4.83 Å². The number of hydrogen-bond donors (Lipinski definition) is 1. The molecule has 0 unspecified atom stereocenters. The number of rotatable bonds is 2. The Kier molecular flexibility index (Phi) is 3.20. The van der Waals surface area contributed by atoms with Crippen molar-refractivity contribution in [1.82, 2.24) is 4.98 Å². The second-order valence-corrected chi connectivity index (χ2v) is 5.61. The van der Waals surface area contributed by atoms with Gasteiger partial charge in [0, 0.05) is 24.2 Å². The zero-order chi connectivity index (χ0) is 14.1. The van der Waals surface area contributed by atoms with Gasteiger partial charge in [-0.2, -0.15) is 0 Å². The molecule has 1 aromatic carbocycles. The number of thiazole rings is 1. The lowest BCUT2D eigenvalue weighted by atomic mass is 10.1. The minimum Gasteiger partial charge on any atom is -0.326 e. The highest BCUT2D eigenvalue weighted by molar-refractivity contribution is 7.20. The molecule has 0 saturated heterocycles. The number of aromatic nitrogens is 2. The lowest BCUT2D eigenvalue weighted by Crippen LogP contribution is -2.07. The van der Waals surface area contributed by atoms with Gasteiger partial charge in [-0.15, -0.1) is 0 Å². The van der Waals surface area contributed by atoms with Crippen LogP contribution < -0.4 is 10.3 Å². The summed E-state index contributed by atoms with van der Waals surface area (Å²) in [6.07, 6.45) is 1.89. The van der Waals surface area contributed by atoms with Crippen LogP contribution in [0.1, 0.15) is 12.5 Å². The monoisotopic (exact) mass is 284 g/mol. The fourth-order valence-electron chi connectivity index (χ4n) is 2.01. The van der Waals surface area contributed by atoms with Crippen molar-refractivity contribution in [3.05, 3.63) is 42.1 Å². The molecule has 3 aromatic rings. The highest BCUT2D eigenvalue weighted by atomic mass is 32.1. The molecular formula is C15H14N3OS+. The van der Waals surface area contributed by atoms with Gasteiger partial charge < -0.3 is 5.32 Å². The Morgan fingerprint density at radius 1 is 1.35 bits per heavy atom. The number of pyridine rings is 1. The van der Waals surface area contributed by atoms with Gasteiger partial charge in [0.1, 0.15) is 10.5 Å². The van der Waals surface area contributed by atoms with Gasteiger partial charge in [0.15, 0.2) is 6.20 Å². The maximum atomic E-state index is 11.2. The average Bonchev–Trinajstić information content (AvgIpc) is 2.84. The Labute approximate surface area is 120 Å². The summed E-state index contributed by atoms with van der Waals surface area (Å²) < 4.78 is 0. The van der Waals surface area contributed by atoms with Crippen LogP contribution in [0.4, 0.5) is 5.69 Å². The first-order valence-electron chi connectivity index (χ1n) is 6.29. The van der Waals surface area contributed by atoms with Crippen molar-refractivity contribution >= 4 is 33.3 Å². The standard InChI is InChI=1S/C15H13N3OS/c1-9-5-6-11(8-13(9)17-10(2)19)14-18-12-4-3-7-16-15(12)20-14/h3-8H,1-2H3,(H,17,19)/p+1. The van der Waals surface area contributed by atoms with Crippen molar-refractivity contribution in [2.75, 3.05) is 5.32 Å². The van der Waals surface area contributed by atoms with Crippen molar-refractivity contribution in [2.45, 2.75) is 13.8 Å². The summed E-state index contributed by atoms with van der Waals surface area (Å²) in [5.41, 5.74) is 3.83. The SMILES string of the molecule is CC(=O)Nc1cc(-c2nc3ccc[nH+]c3s2)ccc1C. The van der Waals surface area contributed by atoms with Crippen molar-refractivity contribution in [2.24, 2.45) is 0 Å². The van der Waals surface area contributed by atoms with Crippen LogP contribution in [0.25, 0.3) is 20.9 Å². The Morgan fingerprint density at radius 2 is 2.20 bits per heavy atom. The number of nitrogens with one attached hydrogen (secondary N) is 2. The molecule has 2 heterocycles. The largest absolute Gasteiger partial charge is 0.326 e. The molecule has 0 aliphatic rings. The van der Waals surface area contributed by atoms with Gasteiger partial charge in [-0.05, 0) is 36.0 Å².